The van der Waals surface area contributed by atoms with Crippen molar-refractivity contribution in [2.45, 2.75) is 19.0 Å². The van der Waals surface area contributed by atoms with Crippen LogP contribution < -0.4 is 0 Å². The van der Waals surface area contributed by atoms with Gasteiger partial charge in [0.1, 0.15) is 28.8 Å². The van der Waals surface area contributed by atoms with E-state index in [0.717, 1.165) is 17.7 Å². The predicted octanol–water partition coefficient (Wildman–Crippen LogP) is 7.71. The van der Waals surface area contributed by atoms with Crippen molar-refractivity contribution in [1.29, 1.82) is 0 Å². The molecule has 0 saturated carbocycles. The summed E-state index contributed by atoms with van der Waals surface area (Å²) >= 11 is 0. The highest BCUT2D eigenvalue weighted by molar-refractivity contribution is 5.72. The summed E-state index contributed by atoms with van der Waals surface area (Å²) in [6.45, 7) is 3.60. The number of alkyl halides is 3. The van der Waals surface area contributed by atoms with Gasteiger partial charge in [0.2, 0.25) is 0 Å². The zero-order valence-corrected chi connectivity index (χ0v) is 15.5. The molecular formula is C23H15F7. The Bertz CT molecular complexity index is 1070. The third kappa shape index (κ3) is 4.40. The van der Waals surface area contributed by atoms with E-state index in [2.05, 4.69) is 6.58 Å². The highest BCUT2D eigenvalue weighted by Gasteiger charge is 2.38. The Hall–Kier alpha value is -3.09. The molecule has 0 spiro atoms. The van der Waals surface area contributed by atoms with Crippen molar-refractivity contribution < 1.29 is 30.7 Å². The minimum Gasteiger partial charge on any atom is -0.206 e. The zero-order valence-electron chi connectivity index (χ0n) is 15.5. The molecule has 0 bridgehead atoms. The maximum atomic E-state index is 14.6. The van der Waals surface area contributed by atoms with E-state index in [0.29, 0.717) is 25.0 Å². The lowest BCUT2D eigenvalue weighted by Crippen LogP contribution is -2.11. The summed E-state index contributed by atoms with van der Waals surface area (Å²) in [7, 11) is 0. The molecule has 0 atom stereocenters. The highest BCUT2D eigenvalue weighted by atomic mass is 19.4. The Kier molecular flexibility index (Phi) is 6.01. The average Bonchev–Trinajstić information content (AvgIpc) is 2.64. The second kappa shape index (κ2) is 8.34. The van der Waals surface area contributed by atoms with Crippen molar-refractivity contribution >= 4 is 0 Å². The molecule has 3 aromatic rings. The summed E-state index contributed by atoms with van der Waals surface area (Å²) in [6.07, 6.45) is -2.25. The minimum atomic E-state index is -5.22. The molecule has 0 saturated heterocycles. The molecule has 3 rings (SSSR count). The fraction of sp³-hybridized carbons (Fsp3) is 0.130. The monoisotopic (exact) mass is 424 g/mol. The first-order chi connectivity index (χ1) is 14.1. The lowest BCUT2D eigenvalue weighted by Gasteiger charge is -2.12. The van der Waals surface area contributed by atoms with Gasteiger partial charge >= 0.3 is 6.18 Å². The normalized spacial score (nSPS) is 11.6. The lowest BCUT2D eigenvalue weighted by molar-refractivity contribution is -0.142. The molecule has 30 heavy (non-hydrogen) atoms. The smallest absolute Gasteiger partial charge is 0.206 e. The van der Waals surface area contributed by atoms with Crippen LogP contribution in [0, 0.1) is 23.3 Å². The van der Waals surface area contributed by atoms with Gasteiger partial charge in [-0.1, -0.05) is 30.3 Å². The first-order valence-corrected chi connectivity index (χ1v) is 8.87. The van der Waals surface area contributed by atoms with Crippen LogP contribution >= 0.6 is 0 Å². The maximum absolute atomic E-state index is 14.6. The number of rotatable bonds is 5. The largest absolute Gasteiger partial charge is 0.422 e. The van der Waals surface area contributed by atoms with Gasteiger partial charge in [0.05, 0.1) is 0 Å². The molecule has 0 aliphatic heterocycles. The van der Waals surface area contributed by atoms with E-state index in [1.807, 2.05) is 0 Å². The number of aryl methyl sites for hydroxylation is 1. The van der Waals surface area contributed by atoms with E-state index in [4.69, 9.17) is 0 Å². The van der Waals surface area contributed by atoms with Gasteiger partial charge in [-0.05, 0) is 53.8 Å². The van der Waals surface area contributed by atoms with Crippen molar-refractivity contribution in [3.8, 4) is 22.3 Å². The number of halogens is 7. The van der Waals surface area contributed by atoms with E-state index in [1.54, 1.807) is 12.1 Å². The molecule has 0 aromatic heterocycles. The van der Waals surface area contributed by atoms with Crippen molar-refractivity contribution in [2.24, 2.45) is 0 Å². The summed E-state index contributed by atoms with van der Waals surface area (Å²) < 4.78 is 94.8. The van der Waals surface area contributed by atoms with E-state index < -0.39 is 40.6 Å². The summed E-state index contributed by atoms with van der Waals surface area (Å²) in [5.41, 5.74) is -1.72. The molecule has 0 unspecified atom stereocenters. The summed E-state index contributed by atoms with van der Waals surface area (Å²) in [6, 6.07) is 8.76. The van der Waals surface area contributed by atoms with Gasteiger partial charge in [0, 0.05) is 11.1 Å². The average molecular weight is 424 g/mol. The maximum Gasteiger partial charge on any atom is 0.422 e. The van der Waals surface area contributed by atoms with Crippen LogP contribution in [0.25, 0.3) is 22.3 Å². The Labute approximate surface area is 168 Å². The van der Waals surface area contributed by atoms with Crippen LogP contribution in [-0.4, -0.2) is 0 Å². The zero-order chi connectivity index (χ0) is 22.1. The Morgan fingerprint density at radius 1 is 0.700 bits per heavy atom. The molecule has 0 radical (unpaired) electrons. The summed E-state index contributed by atoms with van der Waals surface area (Å²) in [4.78, 5) is 0. The van der Waals surface area contributed by atoms with Gasteiger partial charge in [-0.15, -0.1) is 6.58 Å². The molecule has 3 aromatic carbocycles. The van der Waals surface area contributed by atoms with Gasteiger partial charge in [0.15, 0.2) is 0 Å². The number of benzene rings is 3. The van der Waals surface area contributed by atoms with Crippen LogP contribution in [0.3, 0.4) is 0 Å². The quantitative estimate of drug-likeness (QED) is 0.291. The van der Waals surface area contributed by atoms with E-state index in [1.165, 1.54) is 18.2 Å². The third-order valence-corrected chi connectivity index (χ3v) is 4.59. The second-order valence-corrected chi connectivity index (χ2v) is 6.65. The van der Waals surface area contributed by atoms with Crippen molar-refractivity contribution in [3.05, 3.63) is 95.6 Å². The standard InChI is InChI=1S/C23H15F7/c1-2-3-4-13-5-7-16(18(24)9-13)14-6-8-17(19(25)10-14)15-11-20(26)22(21(27)12-15)23(28,29)30/h2,5-12H,1,3-4H2. The van der Waals surface area contributed by atoms with Gasteiger partial charge in [-0.3, -0.25) is 0 Å². The van der Waals surface area contributed by atoms with Gasteiger partial charge < -0.3 is 0 Å². The van der Waals surface area contributed by atoms with Gasteiger partial charge in [-0.2, -0.15) is 13.2 Å². The fourth-order valence-corrected chi connectivity index (χ4v) is 3.13. The minimum absolute atomic E-state index is 0.118. The first-order valence-electron chi connectivity index (χ1n) is 8.87. The van der Waals surface area contributed by atoms with Gasteiger partial charge in [0.25, 0.3) is 0 Å². The summed E-state index contributed by atoms with van der Waals surface area (Å²) in [5.74, 6) is -5.22. The lowest BCUT2D eigenvalue weighted by atomic mass is 9.97. The first kappa shape index (κ1) is 21.6. The molecular weight excluding hydrogens is 409 g/mol. The van der Waals surface area contributed by atoms with Crippen molar-refractivity contribution in [2.75, 3.05) is 0 Å². The molecule has 0 N–H and O–H groups in total. The fourth-order valence-electron chi connectivity index (χ4n) is 3.13. The summed E-state index contributed by atoms with van der Waals surface area (Å²) in [5, 5.41) is 0. The van der Waals surface area contributed by atoms with Crippen LogP contribution in [0.5, 0.6) is 0 Å². The second-order valence-electron chi connectivity index (χ2n) is 6.65. The van der Waals surface area contributed by atoms with Crippen LogP contribution in [0.1, 0.15) is 17.5 Å². The van der Waals surface area contributed by atoms with Crippen LogP contribution in [0.2, 0.25) is 0 Å². The molecule has 156 valence electrons. The van der Waals surface area contributed by atoms with Crippen molar-refractivity contribution in [3.63, 3.8) is 0 Å². The van der Waals surface area contributed by atoms with Crippen LogP contribution in [0.4, 0.5) is 30.7 Å². The highest BCUT2D eigenvalue weighted by Crippen LogP contribution is 2.37. The topological polar surface area (TPSA) is 0 Å². The Morgan fingerprint density at radius 2 is 1.23 bits per heavy atom. The van der Waals surface area contributed by atoms with Crippen molar-refractivity contribution in [1.82, 2.24) is 0 Å². The van der Waals surface area contributed by atoms with Crippen LogP contribution in [0.15, 0.2) is 61.2 Å². The molecule has 7 heteroatoms. The molecule has 0 amide bonds. The number of hydrogen-bond acceptors (Lipinski definition) is 0. The third-order valence-electron chi connectivity index (χ3n) is 4.59. The predicted molar refractivity (Wildman–Crippen MR) is 101 cm³/mol. The Morgan fingerprint density at radius 3 is 1.77 bits per heavy atom. The SMILES string of the molecule is C=CCCc1ccc(-c2ccc(-c3cc(F)c(C(F)(F)F)c(F)c3)c(F)c2)c(F)c1. The molecule has 0 heterocycles. The van der Waals surface area contributed by atoms with E-state index in [9.17, 15) is 30.7 Å². The molecule has 0 nitrogen and oxygen atoms in total. The van der Waals surface area contributed by atoms with E-state index in [-0.39, 0.29) is 16.7 Å². The van der Waals surface area contributed by atoms with Crippen LogP contribution in [-0.2, 0) is 12.6 Å². The molecule has 0 aliphatic rings. The molecule has 0 fully saturated rings. The van der Waals surface area contributed by atoms with Gasteiger partial charge in [-0.25, -0.2) is 17.6 Å². The van der Waals surface area contributed by atoms with E-state index >= 15 is 0 Å². The molecule has 0 aliphatic carbocycles. The number of allylic oxidation sites excluding steroid dienone is 1. The number of hydrogen-bond donors (Lipinski definition) is 0. The Balaban J connectivity index is 1.98.